The van der Waals surface area contributed by atoms with E-state index in [0.717, 1.165) is 5.56 Å². The van der Waals surface area contributed by atoms with Crippen LogP contribution in [0, 0.1) is 12.8 Å². The van der Waals surface area contributed by atoms with Gasteiger partial charge in [0.05, 0.1) is 11.3 Å². The number of rotatable bonds is 10. The number of sulfonamides is 1. The molecule has 0 saturated heterocycles. The predicted octanol–water partition coefficient (Wildman–Crippen LogP) is 2.01. The molecule has 26 heavy (non-hydrogen) atoms. The molecule has 0 saturated carbocycles. The maximum atomic E-state index is 12.8. The Morgan fingerprint density at radius 1 is 1.19 bits per heavy atom. The second kappa shape index (κ2) is 9.68. The number of amides is 1. The lowest BCUT2D eigenvalue weighted by molar-refractivity contribution is -0.139. The minimum absolute atomic E-state index is 0.0471. The fraction of sp³-hybridized carbons (Fsp3) is 0.556. The van der Waals surface area contributed by atoms with Crippen molar-refractivity contribution in [2.75, 3.05) is 13.1 Å². The molecule has 0 spiro atoms. The number of hydrogen-bond donors (Lipinski definition) is 2. The summed E-state index contributed by atoms with van der Waals surface area (Å²) in [5.74, 6) is -1.32. The zero-order valence-electron chi connectivity index (χ0n) is 15.7. The van der Waals surface area contributed by atoms with Crippen LogP contribution in [-0.2, 0) is 19.6 Å². The highest BCUT2D eigenvalue weighted by molar-refractivity contribution is 7.89. The molecule has 0 fully saturated rings. The highest BCUT2D eigenvalue weighted by Crippen LogP contribution is 2.15. The molecule has 0 aliphatic carbocycles. The topological polar surface area (TPSA) is 104 Å². The molecule has 1 rings (SSSR count). The van der Waals surface area contributed by atoms with Crippen LogP contribution in [0.3, 0.4) is 0 Å². The molecule has 0 aliphatic heterocycles. The van der Waals surface area contributed by atoms with Crippen LogP contribution in [0.5, 0.6) is 0 Å². The summed E-state index contributed by atoms with van der Waals surface area (Å²) in [6, 6.07) is 5.45. The average molecular weight is 384 g/mol. The summed E-state index contributed by atoms with van der Waals surface area (Å²) < 4.78 is 27.8. The highest BCUT2D eigenvalue weighted by Gasteiger charge is 2.29. The molecular formula is C18H28N2O5S. The van der Waals surface area contributed by atoms with E-state index >= 15 is 0 Å². The van der Waals surface area contributed by atoms with E-state index in [0.29, 0.717) is 13.0 Å². The van der Waals surface area contributed by atoms with Crippen molar-refractivity contribution in [1.29, 1.82) is 0 Å². The van der Waals surface area contributed by atoms with Crippen LogP contribution in [-0.4, -0.2) is 49.4 Å². The molecule has 1 amide bonds. The molecule has 1 unspecified atom stereocenters. The number of carbonyl (C=O) groups is 2. The number of benzene rings is 1. The van der Waals surface area contributed by atoms with Crippen molar-refractivity contribution in [3.8, 4) is 0 Å². The second-order valence-electron chi connectivity index (χ2n) is 6.68. The Hall–Kier alpha value is -1.93. The molecular weight excluding hydrogens is 356 g/mol. The number of likely N-dealkylation sites (N-methyl/N-ethyl adjacent to an activating group) is 1. The van der Waals surface area contributed by atoms with Gasteiger partial charge in [-0.05, 0) is 38.3 Å². The van der Waals surface area contributed by atoms with E-state index in [1.165, 1.54) is 17.0 Å². The normalized spacial score (nSPS) is 12.8. The molecule has 0 aliphatic rings. The molecule has 8 heteroatoms. The van der Waals surface area contributed by atoms with Crippen molar-refractivity contribution >= 4 is 21.9 Å². The summed E-state index contributed by atoms with van der Waals surface area (Å²) in [4.78, 5) is 25.0. The SMILES string of the molecule is CCN(CCC(=O)O)C(=O)C(CC(C)C)NS(=O)(=O)c1ccc(C)cc1. The summed E-state index contributed by atoms with van der Waals surface area (Å²) in [6.45, 7) is 7.75. The van der Waals surface area contributed by atoms with Gasteiger partial charge in [-0.15, -0.1) is 0 Å². The lowest BCUT2D eigenvalue weighted by Gasteiger charge is -2.27. The Kier molecular flexibility index (Phi) is 8.23. The number of aliphatic carboxylic acids is 1. The van der Waals surface area contributed by atoms with Gasteiger partial charge in [-0.25, -0.2) is 8.42 Å². The maximum absolute atomic E-state index is 12.8. The third-order valence-corrected chi connectivity index (χ3v) is 5.41. The summed E-state index contributed by atoms with van der Waals surface area (Å²) in [7, 11) is -3.85. The molecule has 7 nitrogen and oxygen atoms in total. The highest BCUT2D eigenvalue weighted by atomic mass is 32.2. The number of nitrogens with zero attached hydrogens (tertiary/aromatic N) is 1. The summed E-state index contributed by atoms with van der Waals surface area (Å²) >= 11 is 0. The monoisotopic (exact) mass is 384 g/mol. The first-order chi connectivity index (χ1) is 12.1. The van der Waals surface area contributed by atoms with Gasteiger partial charge in [0.25, 0.3) is 0 Å². The number of carbonyl (C=O) groups excluding carboxylic acids is 1. The van der Waals surface area contributed by atoms with Gasteiger partial charge in [0.15, 0.2) is 0 Å². The van der Waals surface area contributed by atoms with Gasteiger partial charge in [0.2, 0.25) is 15.9 Å². The lowest BCUT2D eigenvalue weighted by atomic mass is 10.0. The molecule has 146 valence electrons. The van der Waals surface area contributed by atoms with Gasteiger partial charge in [-0.2, -0.15) is 4.72 Å². The Morgan fingerprint density at radius 3 is 2.23 bits per heavy atom. The van der Waals surface area contributed by atoms with Crippen molar-refractivity contribution in [1.82, 2.24) is 9.62 Å². The van der Waals surface area contributed by atoms with Crippen LogP contribution in [0.15, 0.2) is 29.2 Å². The number of aryl methyl sites for hydroxylation is 1. The summed E-state index contributed by atoms with van der Waals surface area (Å²) in [6.07, 6.45) is 0.145. The molecule has 0 aromatic heterocycles. The average Bonchev–Trinajstić information content (AvgIpc) is 2.54. The molecule has 2 N–H and O–H groups in total. The van der Waals surface area contributed by atoms with Crippen molar-refractivity contribution < 1.29 is 23.1 Å². The first kappa shape index (κ1) is 22.1. The van der Waals surface area contributed by atoms with Gasteiger partial charge >= 0.3 is 5.97 Å². The minimum atomic E-state index is -3.85. The van der Waals surface area contributed by atoms with Crippen LogP contribution in [0.2, 0.25) is 0 Å². The molecule has 1 aromatic rings. The lowest BCUT2D eigenvalue weighted by Crippen LogP contribution is -2.49. The largest absolute Gasteiger partial charge is 0.481 e. The van der Waals surface area contributed by atoms with E-state index in [2.05, 4.69) is 4.72 Å². The van der Waals surface area contributed by atoms with Crippen LogP contribution in [0.25, 0.3) is 0 Å². The van der Waals surface area contributed by atoms with Gasteiger partial charge in [-0.1, -0.05) is 31.5 Å². The predicted molar refractivity (Wildman–Crippen MR) is 99.3 cm³/mol. The zero-order chi connectivity index (χ0) is 19.9. The van der Waals surface area contributed by atoms with Gasteiger partial charge in [0.1, 0.15) is 6.04 Å². The zero-order valence-corrected chi connectivity index (χ0v) is 16.5. The first-order valence-electron chi connectivity index (χ1n) is 8.66. The van der Waals surface area contributed by atoms with E-state index in [4.69, 9.17) is 5.11 Å². The molecule has 0 bridgehead atoms. The maximum Gasteiger partial charge on any atom is 0.305 e. The number of nitrogens with one attached hydrogen (secondary N) is 1. The smallest absolute Gasteiger partial charge is 0.305 e. The van der Waals surface area contributed by atoms with Crippen molar-refractivity contribution in [2.24, 2.45) is 5.92 Å². The Labute approximate surface area is 155 Å². The molecule has 0 heterocycles. The van der Waals surface area contributed by atoms with E-state index in [9.17, 15) is 18.0 Å². The number of hydrogen-bond acceptors (Lipinski definition) is 4. The third kappa shape index (κ3) is 6.76. The standard InChI is InChI=1S/C18H28N2O5S/c1-5-20(11-10-17(21)22)18(23)16(12-13(2)3)19-26(24,25)15-8-6-14(4)7-9-15/h6-9,13,16,19H,5,10-12H2,1-4H3,(H,21,22). The van der Waals surface area contributed by atoms with Crippen LogP contribution in [0.4, 0.5) is 0 Å². The van der Waals surface area contributed by atoms with E-state index in [-0.39, 0.29) is 23.8 Å². The molecule has 1 atom stereocenters. The van der Waals surface area contributed by atoms with E-state index < -0.39 is 27.9 Å². The van der Waals surface area contributed by atoms with Crippen LogP contribution in [0.1, 0.15) is 39.2 Å². The summed E-state index contributed by atoms with van der Waals surface area (Å²) in [5.41, 5.74) is 0.935. The van der Waals surface area contributed by atoms with E-state index in [1.54, 1.807) is 19.1 Å². The second-order valence-corrected chi connectivity index (χ2v) is 8.39. The first-order valence-corrected chi connectivity index (χ1v) is 10.1. The van der Waals surface area contributed by atoms with E-state index in [1.807, 2.05) is 20.8 Å². The summed E-state index contributed by atoms with van der Waals surface area (Å²) in [5, 5.41) is 8.83. The Bertz CT molecular complexity index is 714. The van der Waals surface area contributed by atoms with Gasteiger partial charge in [-0.3, -0.25) is 9.59 Å². The fourth-order valence-electron chi connectivity index (χ4n) is 2.52. The van der Waals surface area contributed by atoms with Gasteiger partial charge in [0, 0.05) is 13.1 Å². The van der Waals surface area contributed by atoms with Crippen molar-refractivity contribution in [3.63, 3.8) is 0 Å². The fourth-order valence-corrected chi connectivity index (χ4v) is 3.72. The Morgan fingerprint density at radius 2 is 1.77 bits per heavy atom. The minimum Gasteiger partial charge on any atom is -0.481 e. The molecule has 1 aromatic carbocycles. The third-order valence-electron chi connectivity index (χ3n) is 3.92. The Balaban J connectivity index is 3.02. The van der Waals surface area contributed by atoms with Gasteiger partial charge < -0.3 is 10.0 Å². The molecule has 0 radical (unpaired) electrons. The number of carboxylic acid groups (broad SMARTS) is 1. The van der Waals surface area contributed by atoms with Crippen molar-refractivity contribution in [3.05, 3.63) is 29.8 Å². The number of carboxylic acids is 1. The van der Waals surface area contributed by atoms with Crippen molar-refractivity contribution in [2.45, 2.75) is 51.5 Å². The van der Waals surface area contributed by atoms with Crippen LogP contribution >= 0.6 is 0 Å². The van der Waals surface area contributed by atoms with Crippen LogP contribution < -0.4 is 4.72 Å². The quantitative estimate of drug-likeness (QED) is 0.642.